The molecular weight excluding hydrogens is 136 g/mol. The van der Waals surface area contributed by atoms with Crippen LogP contribution in [-0.2, 0) is 9.73 Å². The van der Waals surface area contributed by atoms with Crippen molar-refractivity contribution in [2.75, 3.05) is 31.6 Å². The van der Waals surface area contributed by atoms with Gasteiger partial charge in [0.15, 0.2) is 0 Å². The van der Waals surface area contributed by atoms with Crippen molar-refractivity contribution >= 4 is 9.73 Å². The molecule has 0 unspecified atom stereocenters. The summed E-state index contributed by atoms with van der Waals surface area (Å²) in [7, 11) is -0.0740. The first-order valence-electron chi connectivity index (χ1n) is 3.19. The van der Waals surface area contributed by atoms with Crippen LogP contribution in [0.1, 0.15) is 0 Å². The summed E-state index contributed by atoms with van der Waals surface area (Å²) in [6.07, 6.45) is 0. The highest BCUT2D eigenvalue weighted by Crippen LogP contribution is 1.93. The molecule has 0 aliphatic carbocycles. The lowest BCUT2D eigenvalue weighted by Gasteiger charge is -2.12. The van der Waals surface area contributed by atoms with E-state index >= 15 is 0 Å². The maximum atomic E-state index is 11.4. The fraction of sp³-hybridized carbons (Fsp3) is 1.00. The maximum absolute atomic E-state index is 11.4. The van der Waals surface area contributed by atoms with E-state index < -0.39 is 9.73 Å². The summed E-state index contributed by atoms with van der Waals surface area (Å²) in [4.78, 5) is 0. The van der Waals surface area contributed by atoms with Crippen molar-refractivity contribution in [1.29, 1.82) is 0 Å². The Morgan fingerprint density at radius 1 is 1.44 bits per heavy atom. The Kier molecular flexibility index (Phi) is 2.08. The summed E-state index contributed by atoms with van der Waals surface area (Å²) in [6, 6.07) is 0. The molecule has 0 aromatic carbocycles. The Labute approximate surface area is 56.0 Å². The molecule has 3 nitrogen and oxygen atoms in total. The Morgan fingerprint density at radius 3 is 2.33 bits per heavy atom. The van der Waals surface area contributed by atoms with Gasteiger partial charge in [0.05, 0.1) is 34.3 Å². The normalized spacial score (nSPS) is 25.4. The minimum atomic E-state index is -1.73. The highest BCUT2D eigenvalue weighted by Gasteiger charge is 2.14. The zero-order valence-corrected chi connectivity index (χ0v) is 6.49. The topological polar surface area (TPSA) is 46.0 Å². The van der Waals surface area contributed by atoms with Gasteiger partial charge in [-0.05, 0) is 0 Å². The van der Waals surface area contributed by atoms with Crippen molar-refractivity contribution in [2.45, 2.75) is 0 Å². The van der Waals surface area contributed by atoms with Crippen LogP contribution in [0.2, 0.25) is 0 Å². The van der Waals surface area contributed by atoms with Crippen LogP contribution in [-0.4, -0.2) is 35.9 Å². The third-order valence-corrected chi connectivity index (χ3v) is 4.03. The summed E-state index contributed by atoms with van der Waals surface area (Å²) >= 11 is 0. The van der Waals surface area contributed by atoms with E-state index in [-0.39, 0.29) is 0 Å². The second kappa shape index (κ2) is 2.66. The molecule has 1 aliphatic rings. The van der Waals surface area contributed by atoms with Gasteiger partial charge in [-0.25, -0.2) is 8.57 Å². The second-order valence-corrected chi connectivity index (χ2v) is 4.96. The maximum Gasteiger partial charge on any atom is 0.0881 e. The predicted octanol–water partition coefficient (Wildman–Crippen LogP) is -1.34. The Hall–Kier alpha value is -0.0900. The lowest BCUT2D eigenvalue weighted by Crippen LogP contribution is -2.88. The first kappa shape index (κ1) is 7.02. The molecule has 0 aromatic rings. The van der Waals surface area contributed by atoms with Crippen molar-refractivity contribution in [1.82, 2.24) is 0 Å². The van der Waals surface area contributed by atoms with Gasteiger partial charge in [0.2, 0.25) is 0 Å². The highest BCUT2D eigenvalue weighted by molar-refractivity contribution is 7.93. The number of rotatable bonds is 0. The van der Waals surface area contributed by atoms with Crippen LogP contribution < -0.4 is 5.32 Å². The number of nitrogens with zero attached hydrogens (tertiary/aromatic N) is 1. The van der Waals surface area contributed by atoms with Gasteiger partial charge in [-0.3, -0.25) is 0 Å². The van der Waals surface area contributed by atoms with Crippen molar-refractivity contribution in [2.24, 2.45) is 4.36 Å². The fourth-order valence-corrected chi connectivity index (χ4v) is 2.60. The van der Waals surface area contributed by atoms with E-state index in [1.165, 1.54) is 0 Å². The molecule has 0 radical (unpaired) electrons. The van der Waals surface area contributed by atoms with Crippen LogP contribution in [0.15, 0.2) is 4.36 Å². The summed E-state index contributed by atoms with van der Waals surface area (Å²) in [5, 5.41) is 2.19. The van der Waals surface area contributed by atoms with Crippen LogP contribution in [0.5, 0.6) is 0 Å². The zero-order valence-electron chi connectivity index (χ0n) is 5.67. The fourth-order valence-electron chi connectivity index (χ4n) is 0.964. The number of hydrogen-bond donors (Lipinski definition) is 1. The van der Waals surface area contributed by atoms with Crippen molar-refractivity contribution in [3.05, 3.63) is 0 Å². The molecule has 0 saturated carbocycles. The molecule has 1 rings (SSSR count). The quantitative estimate of drug-likeness (QED) is 0.455. The van der Waals surface area contributed by atoms with Crippen LogP contribution in [0.25, 0.3) is 0 Å². The molecule has 9 heavy (non-hydrogen) atoms. The van der Waals surface area contributed by atoms with Gasteiger partial charge in [-0.15, -0.1) is 0 Å². The van der Waals surface area contributed by atoms with E-state index in [0.29, 0.717) is 0 Å². The van der Waals surface area contributed by atoms with Gasteiger partial charge >= 0.3 is 0 Å². The van der Waals surface area contributed by atoms with E-state index in [1.807, 2.05) is 0 Å². The van der Waals surface area contributed by atoms with Crippen molar-refractivity contribution in [3.8, 4) is 0 Å². The number of quaternary nitrogens is 1. The average Bonchev–Trinajstić information content (AvgIpc) is 1.90. The van der Waals surface area contributed by atoms with Gasteiger partial charge < -0.3 is 5.32 Å². The zero-order chi connectivity index (χ0) is 6.74. The van der Waals surface area contributed by atoms with Crippen LogP contribution in [0.4, 0.5) is 0 Å². The van der Waals surface area contributed by atoms with E-state index in [1.54, 1.807) is 7.05 Å². The van der Waals surface area contributed by atoms with E-state index in [2.05, 4.69) is 9.68 Å². The molecule has 0 amide bonds. The Bertz CT molecular complexity index is 181. The predicted molar refractivity (Wildman–Crippen MR) is 37.9 cm³/mol. The van der Waals surface area contributed by atoms with Gasteiger partial charge in [-0.1, -0.05) is 0 Å². The molecule has 2 N–H and O–H groups in total. The SMILES string of the molecule is CN=S1(=O)CC[NH2+]CC1. The summed E-state index contributed by atoms with van der Waals surface area (Å²) < 4.78 is 15.3. The molecule has 0 bridgehead atoms. The van der Waals surface area contributed by atoms with E-state index in [0.717, 1.165) is 24.6 Å². The lowest BCUT2D eigenvalue weighted by molar-refractivity contribution is -0.648. The second-order valence-electron chi connectivity index (χ2n) is 2.23. The molecule has 54 valence electrons. The molecule has 0 aromatic heterocycles. The number of nitrogens with two attached hydrogens (primary N) is 1. The molecular formula is C5H13N2OS+. The van der Waals surface area contributed by atoms with Crippen LogP contribution >= 0.6 is 0 Å². The standard InChI is InChI=1S/C5H12N2OS/c1-6-9(8)4-2-7-3-5-9/h7H,2-5H2,1H3/p+1. The monoisotopic (exact) mass is 149 g/mol. The van der Waals surface area contributed by atoms with Gasteiger partial charge in [0.25, 0.3) is 0 Å². The summed E-state index contributed by atoms with van der Waals surface area (Å²) in [5.74, 6) is 1.56. The first-order valence-corrected chi connectivity index (χ1v) is 5.04. The van der Waals surface area contributed by atoms with E-state index in [4.69, 9.17) is 0 Å². The highest BCUT2D eigenvalue weighted by atomic mass is 32.2. The molecule has 1 aliphatic heterocycles. The Balaban J connectivity index is 2.70. The molecule has 1 saturated heterocycles. The van der Waals surface area contributed by atoms with Gasteiger partial charge in [0, 0.05) is 7.05 Å². The summed E-state index contributed by atoms with van der Waals surface area (Å²) in [5.41, 5.74) is 0. The van der Waals surface area contributed by atoms with Crippen molar-refractivity contribution < 1.29 is 9.53 Å². The lowest BCUT2D eigenvalue weighted by atomic mass is 10.6. The number of hydrogen-bond acceptors (Lipinski definition) is 2. The van der Waals surface area contributed by atoms with E-state index in [9.17, 15) is 4.21 Å². The van der Waals surface area contributed by atoms with Crippen molar-refractivity contribution in [3.63, 3.8) is 0 Å². The smallest absolute Gasteiger partial charge is 0.0881 e. The first-order chi connectivity index (χ1) is 4.27. The van der Waals surface area contributed by atoms with Gasteiger partial charge in [0.1, 0.15) is 0 Å². The summed E-state index contributed by atoms with van der Waals surface area (Å²) in [6.45, 7) is 1.96. The third kappa shape index (κ3) is 1.66. The molecule has 1 heterocycles. The minimum absolute atomic E-state index is 0.781. The van der Waals surface area contributed by atoms with Crippen LogP contribution in [0, 0.1) is 0 Å². The third-order valence-electron chi connectivity index (χ3n) is 1.61. The average molecular weight is 149 g/mol. The molecule has 0 spiro atoms. The Morgan fingerprint density at radius 2 is 2.00 bits per heavy atom. The molecule has 1 fully saturated rings. The molecule has 4 heteroatoms. The van der Waals surface area contributed by atoms with Crippen LogP contribution in [0.3, 0.4) is 0 Å². The molecule has 0 atom stereocenters. The van der Waals surface area contributed by atoms with Gasteiger partial charge in [-0.2, -0.15) is 0 Å². The largest absolute Gasteiger partial charge is 0.345 e. The minimum Gasteiger partial charge on any atom is -0.345 e.